The van der Waals surface area contributed by atoms with E-state index in [4.69, 9.17) is 14.0 Å². The van der Waals surface area contributed by atoms with E-state index >= 15 is 0 Å². The summed E-state index contributed by atoms with van der Waals surface area (Å²) in [7, 11) is -4.10. The van der Waals surface area contributed by atoms with Crippen LogP contribution in [0.15, 0.2) is 33.2 Å². The lowest BCUT2D eigenvalue weighted by Crippen LogP contribution is -2.34. The molecule has 0 radical (unpaired) electrons. The molecule has 0 unspecified atom stereocenters. The van der Waals surface area contributed by atoms with Crippen LogP contribution in [0.1, 0.15) is 23.9 Å². The molecule has 0 saturated carbocycles. The van der Waals surface area contributed by atoms with E-state index in [2.05, 4.69) is 5.16 Å². The molecule has 0 saturated heterocycles. The molecule has 9 heteroatoms. The number of nitrogens with one attached hydrogen (secondary N) is 1. The topological polar surface area (TPSA) is 108 Å². The van der Waals surface area contributed by atoms with Gasteiger partial charge >= 0.3 is 0 Å². The molecule has 0 spiro atoms. The van der Waals surface area contributed by atoms with Gasteiger partial charge in [0.1, 0.15) is 12.3 Å². The highest BCUT2D eigenvalue weighted by molar-refractivity contribution is 7.90. The third-order valence-corrected chi connectivity index (χ3v) is 5.34. The van der Waals surface area contributed by atoms with Gasteiger partial charge in [0.2, 0.25) is 0 Å². The summed E-state index contributed by atoms with van der Waals surface area (Å²) < 4.78 is 42.9. The van der Waals surface area contributed by atoms with Gasteiger partial charge < -0.3 is 14.0 Å². The summed E-state index contributed by atoms with van der Waals surface area (Å²) in [5.74, 6) is 0.448. The van der Waals surface area contributed by atoms with Gasteiger partial charge in [-0.1, -0.05) is 17.3 Å². The summed E-state index contributed by atoms with van der Waals surface area (Å²) in [6, 6.07) is 5.29. The van der Waals surface area contributed by atoms with E-state index in [0.717, 1.165) is 0 Å². The maximum Gasteiger partial charge on any atom is 0.269 e. The number of amides is 1. The van der Waals surface area contributed by atoms with Gasteiger partial charge in [-0.25, -0.2) is 13.1 Å². The molecule has 1 aromatic carbocycles. The van der Waals surface area contributed by atoms with Crippen molar-refractivity contribution in [3.8, 4) is 11.5 Å². The smallest absolute Gasteiger partial charge is 0.269 e. The Hall–Kier alpha value is -2.81. The standard InChI is InChI=1S/C17H18N2O6S/c1-4-23-14-7-5-6-12-8-13(9-24-15(12)14)17(20)19-26(21,22)16-10(2)18-25-11(16)3/h5-8H,4,9H2,1-3H3,(H,19,20). The van der Waals surface area contributed by atoms with Gasteiger partial charge in [0.25, 0.3) is 15.9 Å². The van der Waals surface area contributed by atoms with Crippen LogP contribution in [0.4, 0.5) is 0 Å². The number of nitrogens with zero attached hydrogens (tertiary/aromatic N) is 1. The van der Waals surface area contributed by atoms with E-state index in [1.807, 2.05) is 11.6 Å². The molecule has 138 valence electrons. The van der Waals surface area contributed by atoms with Gasteiger partial charge in [-0.15, -0.1) is 0 Å². The normalized spacial score (nSPS) is 13.4. The number of ether oxygens (including phenoxy) is 2. The average molecular weight is 378 g/mol. The molecule has 0 aliphatic carbocycles. The third kappa shape index (κ3) is 3.30. The Labute approximate surface area is 150 Å². The summed E-state index contributed by atoms with van der Waals surface area (Å²) >= 11 is 0. The fourth-order valence-corrected chi connectivity index (χ4v) is 4.00. The number of fused-ring (bicyclic) bond motifs is 1. The largest absolute Gasteiger partial charge is 0.490 e. The molecular weight excluding hydrogens is 360 g/mol. The Morgan fingerprint density at radius 1 is 1.35 bits per heavy atom. The van der Waals surface area contributed by atoms with Crippen molar-refractivity contribution < 1.29 is 27.2 Å². The molecule has 26 heavy (non-hydrogen) atoms. The van der Waals surface area contributed by atoms with Crippen LogP contribution in [0.3, 0.4) is 0 Å². The van der Waals surface area contributed by atoms with Gasteiger partial charge in [0.05, 0.1) is 12.2 Å². The fraction of sp³-hybridized carbons (Fsp3) is 0.294. The first-order chi connectivity index (χ1) is 12.3. The van der Waals surface area contributed by atoms with E-state index < -0.39 is 15.9 Å². The summed E-state index contributed by atoms with van der Waals surface area (Å²) in [5, 5.41) is 3.60. The molecule has 0 atom stereocenters. The molecular formula is C17H18N2O6S. The quantitative estimate of drug-likeness (QED) is 0.847. The van der Waals surface area contributed by atoms with Crippen molar-refractivity contribution in [2.24, 2.45) is 0 Å². The van der Waals surface area contributed by atoms with Crippen molar-refractivity contribution >= 4 is 22.0 Å². The van der Waals surface area contributed by atoms with Crippen molar-refractivity contribution in [3.05, 3.63) is 40.8 Å². The molecule has 2 heterocycles. The van der Waals surface area contributed by atoms with Gasteiger partial charge in [-0.3, -0.25) is 4.79 Å². The maximum atomic E-state index is 12.5. The van der Waals surface area contributed by atoms with Crippen molar-refractivity contribution in [1.82, 2.24) is 9.88 Å². The highest BCUT2D eigenvalue weighted by Crippen LogP contribution is 2.35. The summed E-state index contributed by atoms with van der Waals surface area (Å²) in [6.07, 6.45) is 1.58. The molecule has 0 fully saturated rings. The van der Waals surface area contributed by atoms with Crippen molar-refractivity contribution in [3.63, 3.8) is 0 Å². The molecule has 1 aliphatic heterocycles. The van der Waals surface area contributed by atoms with Crippen LogP contribution in [-0.4, -0.2) is 32.7 Å². The Morgan fingerprint density at radius 2 is 2.12 bits per heavy atom. The highest BCUT2D eigenvalue weighted by atomic mass is 32.2. The molecule has 8 nitrogen and oxygen atoms in total. The Morgan fingerprint density at radius 3 is 2.77 bits per heavy atom. The lowest BCUT2D eigenvalue weighted by atomic mass is 10.1. The van der Waals surface area contributed by atoms with Gasteiger partial charge in [-0.2, -0.15) is 0 Å². The lowest BCUT2D eigenvalue weighted by molar-refractivity contribution is -0.116. The number of aromatic nitrogens is 1. The second-order valence-corrected chi connectivity index (χ2v) is 7.27. The summed E-state index contributed by atoms with van der Waals surface area (Å²) in [5.41, 5.74) is 1.01. The molecule has 2 aromatic rings. The SMILES string of the molecule is CCOc1cccc2c1OCC(C(=O)NS(=O)(=O)c1c(C)noc1C)=C2. The molecule has 1 N–H and O–H groups in total. The zero-order chi connectivity index (χ0) is 18.9. The van der Waals surface area contributed by atoms with E-state index in [9.17, 15) is 13.2 Å². The zero-order valence-corrected chi connectivity index (χ0v) is 15.3. The van der Waals surface area contributed by atoms with Crippen LogP contribution in [0, 0.1) is 13.8 Å². The molecule has 1 aliphatic rings. The number of hydrogen-bond donors (Lipinski definition) is 1. The van der Waals surface area contributed by atoms with E-state index in [1.165, 1.54) is 13.8 Å². The van der Waals surface area contributed by atoms with E-state index in [1.54, 1.807) is 24.3 Å². The minimum Gasteiger partial charge on any atom is -0.490 e. The summed E-state index contributed by atoms with van der Waals surface area (Å²) in [6.45, 7) is 5.22. The zero-order valence-electron chi connectivity index (χ0n) is 14.5. The van der Waals surface area contributed by atoms with Gasteiger partial charge in [0.15, 0.2) is 22.2 Å². The number of carbonyl (C=O) groups is 1. The minimum absolute atomic E-state index is 0.0694. The number of rotatable bonds is 5. The van der Waals surface area contributed by atoms with Crippen LogP contribution >= 0.6 is 0 Å². The molecule has 1 aromatic heterocycles. The summed E-state index contributed by atoms with van der Waals surface area (Å²) in [4.78, 5) is 12.3. The number of benzene rings is 1. The van der Waals surface area contributed by atoms with E-state index in [-0.39, 0.29) is 28.5 Å². The Kier molecular flexibility index (Phi) is 4.73. The van der Waals surface area contributed by atoms with E-state index in [0.29, 0.717) is 23.7 Å². The number of sulfonamides is 1. The number of carbonyl (C=O) groups excluding carboxylic acids is 1. The van der Waals surface area contributed by atoms with Crippen LogP contribution < -0.4 is 14.2 Å². The monoisotopic (exact) mass is 378 g/mol. The predicted molar refractivity (Wildman–Crippen MR) is 92.4 cm³/mol. The predicted octanol–water partition coefficient (Wildman–Crippen LogP) is 1.97. The van der Waals surface area contributed by atoms with Crippen molar-refractivity contribution in [2.45, 2.75) is 25.7 Å². The average Bonchev–Trinajstić information content (AvgIpc) is 2.94. The number of aryl methyl sites for hydroxylation is 2. The fourth-order valence-electron chi connectivity index (χ4n) is 2.68. The first-order valence-corrected chi connectivity index (χ1v) is 9.41. The lowest BCUT2D eigenvalue weighted by Gasteiger charge is -2.20. The van der Waals surface area contributed by atoms with Crippen LogP contribution in [0.2, 0.25) is 0 Å². The number of hydrogen-bond acceptors (Lipinski definition) is 7. The third-order valence-electron chi connectivity index (χ3n) is 3.77. The first-order valence-electron chi connectivity index (χ1n) is 7.92. The molecule has 0 bridgehead atoms. The molecule has 1 amide bonds. The van der Waals surface area contributed by atoms with Crippen molar-refractivity contribution in [2.75, 3.05) is 13.2 Å². The Bertz CT molecular complexity index is 971. The van der Waals surface area contributed by atoms with Crippen LogP contribution in [-0.2, 0) is 14.8 Å². The second-order valence-electron chi connectivity index (χ2n) is 5.65. The second kappa shape index (κ2) is 6.83. The molecule has 3 rings (SSSR count). The van der Waals surface area contributed by atoms with Crippen molar-refractivity contribution in [1.29, 1.82) is 0 Å². The minimum atomic E-state index is -4.10. The first kappa shape index (κ1) is 18.0. The maximum absolute atomic E-state index is 12.5. The van der Waals surface area contributed by atoms with Crippen LogP contribution in [0.25, 0.3) is 6.08 Å². The highest BCUT2D eigenvalue weighted by Gasteiger charge is 2.28. The van der Waals surface area contributed by atoms with Gasteiger partial charge in [0, 0.05) is 5.56 Å². The van der Waals surface area contributed by atoms with Crippen LogP contribution in [0.5, 0.6) is 11.5 Å². The van der Waals surface area contributed by atoms with Gasteiger partial charge in [-0.05, 0) is 32.9 Å². The number of para-hydroxylation sites is 1. The Balaban J connectivity index is 1.87.